The van der Waals surface area contributed by atoms with Crippen molar-refractivity contribution in [3.8, 4) is 22.9 Å². The summed E-state index contributed by atoms with van der Waals surface area (Å²) in [6.07, 6.45) is -4.74. The molecule has 7 nitrogen and oxygen atoms in total. The Morgan fingerprint density at radius 2 is 1.71 bits per heavy atom. The fourth-order valence-electron chi connectivity index (χ4n) is 2.36. The van der Waals surface area contributed by atoms with Crippen molar-refractivity contribution in [2.75, 3.05) is 14.2 Å². The Kier molecular flexibility index (Phi) is 5.93. The highest BCUT2D eigenvalue weighted by atomic mass is 32.2. The zero-order valence-corrected chi connectivity index (χ0v) is 15.6. The second kappa shape index (κ2) is 8.38. The van der Waals surface area contributed by atoms with Crippen LogP contribution in [0, 0.1) is 0 Å². The van der Waals surface area contributed by atoms with Gasteiger partial charge in [0, 0.05) is 11.3 Å². The standard InChI is InChI=1S/C17H15F3N4O3S/c1-25-14-7-8-15(26-2)11(9-14)10-28-16-21-22-23-24(16)12-3-5-13(6-4-12)27-17(18,19)20/h3-9H,10H2,1-2H3. The molecular formula is C17H15F3N4O3S. The summed E-state index contributed by atoms with van der Waals surface area (Å²) in [6.45, 7) is 0. The number of tetrazole rings is 1. The molecular weight excluding hydrogens is 397 g/mol. The maximum atomic E-state index is 12.3. The van der Waals surface area contributed by atoms with E-state index in [1.54, 1.807) is 26.4 Å². The predicted octanol–water partition coefficient (Wildman–Crippen LogP) is 3.87. The normalized spacial score (nSPS) is 11.3. The van der Waals surface area contributed by atoms with Gasteiger partial charge in [-0.3, -0.25) is 0 Å². The topological polar surface area (TPSA) is 71.3 Å². The molecule has 0 saturated carbocycles. The second-order valence-corrected chi connectivity index (χ2v) is 6.32. The maximum absolute atomic E-state index is 12.3. The summed E-state index contributed by atoms with van der Waals surface area (Å²) < 4.78 is 52.7. The average Bonchev–Trinajstić information content (AvgIpc) is 3.14. The van der Waals surface area contributed by atoms with Crippen molar-refractivity contribution < 1.29 is 27.4 Å². The first kappa shape index (κ1) is 19.8. The maximum Gasteiger partial charge on any atom is 0.573 e. The lowest BCUT2D eigenvalue weighted by Crippen LogP contribution is -2.17. The van der Waals surface area contributed by atoms with Crippen molar-refractivity contribution in [2.45, 2.75) is 17.3 Å². The number of hydrogen-bond donors (Lipinski definition) is 0. The van der Waals surface area contributed by atoms with E-state index in [1.165, 1.54) is 40.7 Å². The van der Waals surface area contributed by atoms with E-state index < -0.39 is 6.36 Å². The summed E-state index contributed by atoms with van der Waals surface area (Å²) in [7, 11) is 3.15. The molecule has 0 bridgehead atoms. The molecule has 2 aromatic carbocycles. The Labute approximate surface area is 162 Å². The van der Waals surface area contributed by atoms with E-state index in [1.807, 2.05) is 6.07 Å². The van der Waals surface area contributed by atoms with Crippen LogP contribution in [-0.4, -0.2) is 40.8 Å². The lowest BCUT2D eigenvalue weighted by Gasteiger charge is -2.11. The van der Waals surface area contributed by atoms with Gasteiger partial charge in [0.25, 0.3) is 0 Å². The third kappa shape index (κ3) is 4.85. The molecule has 0 unspecified atom stereocenters. The van der Waals surface area contributed by atoms with Crippen LogP contribution in [-0.2, 0) is 5.75 Å². The van der Waals surface area contributed by atoms with E-state index in [0.717, 1.165) is 5.56 Å². The number of benzene rings is 2. The van der Waals surface area contributed by atoms with E-state index in [9.17, 15) is 13.2 Å². The van der Waals surface area contributed by atoms with E-state index in [-0.39, 0.29) is 5.75 Å². The number of hydrogen-bond acceptors (Lipinski definition) is 7. The lowest BCUT2D eigenvalue weighted by atomic mass is 10.2. The van der Waals surface area contributed by atoms with Crippen LogP contribution in [0.2, 0.25) is 0 Å². The van der Waals surface area contributed by atoms with Gasteiger partial charge in [0.15, 0.2) is 0 Å². The number of methoxy groups -OCH3 is 2. The first-order valence-corrected chi connectivity index (χ1v) is 8.86. The number of thioether (sulfide) groups is 1. The van der Waals surface area contributed by atoms with Gasteiger partial charge in [0.05, 0.1) is 19.9 Å². The fraction of sp³-hybridized carbons (Fsp3) is 0.235. The van der Waals surface area contributed by atoms with Crippen LogP contribution in [0.25, 0.3) is 5.69 Å². The minimum absolute atomic E-state index is 0.320. The Morgan fingerprint density at radius 3 is 2.36 bits per heavy atom. The molecule has 0 aliphatic heterocycles. The summed E-state index contributed by atoms with van der Waals surface area (Å²) in [6, 6.07) is 10.7. The van der Waals surface area contributed by atoms with Gasteiger partial charge < -0.3 is 14.2 Å². The number of halogens is 3. The number of aromatic nitrogens is 4. The third-order valence-electron chi connectivity index (χ3n) is 3.60. The van der Waals surface area contributed by atoms with Crippen molar-refractivity contribution in [1.29, 1.82) is 0 Å². The van der Waals surface area contributed by atoms with Crippen LogP contribution >= 0.6 is 11.8 Å². The van der Waals surface area contributed by atoms with Crippen LogP contribution < -0.4 is 14.2 Å². The minimum atomic E-state index is -4.74. The molecule has 148 valence electrons. The summed E-state index contributed by atoms with van der Waals surface area (Å²) in [4.78, 5) is 0. The zero-order valence-electron chi connectivity index (χ0n) is 14.8. The molecule has 0 N–H and O–H groups in total. The molecule has 1 heterocycles. The Bertz CT molecular complexity index is 932. The number of rotatable bonds is 7. The molecule has 3 aromatic rings. The van der Waals surface area contributed by atoms with Gasteiger partial charge in [-0.15, -0.1) is 18.3 Å². The van der Waals surface area contributed by atoms with E-state index in [2.05, 4.69) is 20.3 Å². The van der Waals surface area contributed by atoms with Crippen LogP contribution in [0.4, 0.5) is 13.2 Å². The first-order valence-electron chi connectivity index (χ1n) is 7.88. The molecule has 0 spiro atoms. The van der Waals surface area contributed by atoms with Crippen LogP contribution in [0.3, 0.4) is 0 Å². The quantitative estimate of drug-likeness (QED) is 0.546. The number of nitrogens with zero attached hydrogens (tertiary/aromatic N) is 4. The Morgan fingerprint density at radius 1 is 1.00 bits per heavy atom. The van der Waals surface area contributed by atoms with Crippen molar-refractivity contribution in [1.82, 2.24) is 20.2 Å². The zero-order chi connectivity index (χ0) is 20.1. The highest BCUT2D eigenvalue weighted by Gasteiger charge is 2.31. The fourth-order valence-corrected chi connectivity index (χ4v) is 3.23. The van der Waals surface area contributed by atoms with Crippen LogP contribution in [0.5, 0.6) is 17.2 Å². The van der Waals surface area contributed by atoms with Crippen molar-refractivity contribution in [3.05, 3.63) is 48.0 Å². The largest absolute Gasteiger partial charge is 0.573 e. The van der Waals surface area contributed by atoms with Crippen LogP contribution in [0.15, 0.2) is 47.6 Å². The van der Waals surface area contributed by atoms with Gasteiger partial charge in [-0.25, -0.2) is 0 Å². The van der Waals surface area contributed by atoms with Gasteiger partial charge in [0.1, 0.15) is 17.2 Å². The monoisotopic (exact) mass is 412 g/mol. The smallest absolute Gasteiger partial charge is 0.497 e. The van der Waals surface area contributed by atoms with Gasteiger partial charge in [-0.05, 0) is 52.9 Å². The molecule has 0 aliphatic rings. The summed E-state index contributed by atoms with van der Waals surface area (Å²) in [5.41, 5.74) is 1.38. The van der Waals surface area contributed by atoms with E-state index in [4.69, 9.17) is 9.47 Å². The van der Waals surface area contributed by atoms with E-state index >= 15 is 0 Å². The van der Waals surface area contributed by atoms with Gasteiger partial charge in [0.2, 0.25) is 5.16 Å². The summed E-state index contributed by atoms with van der Waals surface area (Å²) >= 11 is 1.34. The molecule has 11 heteroatoms. The number of ether oxygens (including phenoxy) is 3. The van der Waals surface area contributed by atoms with Crippen molar-refractivity contribution >= 4 is 11.8 Å². The molecule has 0 fully saturated rings. The van der Waals surface area contributed by atoms with Crippen molar-refractivity contribution in [3.63, 3.8) is 0 Å². The van der Waals surface area contributed by atoms with Crippen LogP contribution in [0.1, 0.15) is 5.56 Å². The lowest BCUT2D eigenvalue weighted by molar-refractivity contribution is -0.274. The van der Waals surface area contributed by atoms with Crippen molar-refractivity contribution in [2.24, 2.45) is 0 Å². The van der Waals surface area contributed by atoms with E-state index in [0.29, 0.717) is 28.1 Å². The molecule has 0 amide bonds. The average molecular weight is 412 g/mol. The molecule has 1 aromatic heterocycles. The molecule has 0 saturated heterocycles. The third-order valence-corrected chi connectivity index (χ3v) is 4.57. The highest BCUT2D eigenvalue weighted by Crippen LogP contribution is 2.31. The Hall–Kier alpha value is -2.95. The summed E-state index contributed by atoms with van der Waals surface area (Å²) in [5.74, 6) is 1.56. The highest BCUT2D eigenvalue weighted by molar-refractivity contribution is 7.98. The Balaban J connectivity index is 1.76. The SMILES string of the molecule is COc1ccc(OC)c(CSc2nnnn2-c2ccc(OC(F)(F)F)cc2)c1. The second-order valence-electron chi connectivity index (χ2n) is 5.38. The molecule has 0 aliphatic carbocycles. The van der Waals surface area contributed by atoms with Gasteiger partial charge in [-0.1, -0.05) is 11.8 Å². The number of alkyl halides is 3. The molecule has 28 heavy (non-hydrogen) atoms. The summed E-state index contributed by atoms with van der Waals surface area (Å²) in [5, 5.41) is 12.0. The molecule has 0 atom stereocenters. The molecule has 3 rings (SSSR count). The molecule has 0 radical (unpaired) electrons. The minimum Gasteiger partial charge on any atom is -0.497 e. The van der Waals surface area contributed by atoms with Gasteiger partial charge >= 0.3 is 6.36 Å². The predicted molar refractivity (Wildman–Crippen MR) is 94.9 cm³/mol. The van der Waals surface area contributed by atoms with Gasteiger partial charge in [-0.2, -0.15) is 4.68 Å². The first-order chi connectivity index (χ1) is 13.4.